The van der Waals surface area contributed by atoms with Gasteiger partial charge in [0.15, 0.2) is 0 Å². The van der Waals surface area contributed by atoms with Gasteiger partial charge in [0.25, 0.3) is 0 Å². The molecule has 0 spiro atoms. The predicted molar refractivity (Wildman–Crippen MR) is 57.0 cm³/mol. The first-order valence-electron chi connectivity index (χ1n) is 5.22. The Morgan fingerprint density at radius 3 is 2.00 bits per heavy atom. The van der Waals surface area contributed by atoms with Gasteiger partial charge >= 0.3 is 0 Å². The first kappa shape index (κ1) is 12.0. The van der Waals surface area contributed by atoms with Crippen LogP contribution in [0.4, 0.5) is 0 Å². The quantitative estimate of drug-likeness (QED) is 0.575. The zero-order chi connectivity index (χ0) is 9.78. The van der Waals surface area contributed by atoms with Gasteiger partial charge in [0.1, 0.15) is 0 Å². The van der Waals surface area contributed by atoms with Crippen LogP contribution in [0.3, 0.4) is 0 Å². The number of hydrogen-bond donors (Lipinski definition) is 0. The van der Waals surface area contributed by atoms with E-state index in [-0.39, 0.29) is 5.41 Å². The Balaban J connectivity index is 3.64. The second-order valence-corrected chi connectivity index (χ2v) is 5.07. The molecule has 2 unspecified atom stereocenters. The van der Waals surface area contributed by atoms with Gasteiger partial charge in [-0.3, -0.25) is 0 Å². The number of hydrogen-bond acceptors (Lipinski definition) is 0. The summed E-state index contributed by atoms with van der Waals surface area (Å²) in [5, 5.41) is 0. The molecule has 12 heavy (non-hydrogen) atoms. The van der Waals surface area contributed by atoms with E-state index in [1.165, 1.54) is 19.3 Å². The van der Waals surface area contributed by atoms with Gasteiger partial charge in [0.2, 0.25) is 0 Å². The third kappa shape index (κ3) is 5.62. The monoisotopic (exact) mass is 169 g/mol. The Kier molecular flexibility index (Phi) is 4.89. The summed E-state index contributed by atoms with van der Waals surface area (Å²) in [7, 11) is 0. The molecule has 0 N–H and O–H groups in total. The van der Waals surface area contributed by atoms with Crippen LogP contribution in [0.25, 0.3) is 0 Å². The lowest BCUT2D eigenvalue weighted by molar-refractivity contribution is 0.299. The van der Waals surface area contributed by atoms with Gasteiger partial charge < -0.3 is 0 Å². The standard InChI is InChI=1S/C12H25/c1-7-10(2)11(3)8-9-12(4,5)6/h10-11H,4,7-9H2,1-3,5-6H3. The van der Waals surface area contributed by atoms with Crippen LogP contribution in [0.5, 0.6) is 0 Å². The van der Waals surface area contributed by atoms with E-state index in [1.807, 2.05) is 0 Å². The highest BCUT2D eigenvalue weighted by atomic mass is 14.2. The van der Waals surface area contributed by atoms with Crippen molar-refractivity contribution in [1.29, 1.82) is 0 Å². The van der Waals surface area contributed by atoms with Crippen molar-refractivity contribution in [2.45, 2.75) is 53.9 Å². The molecule has 0 saturated heterocycles. The second-order valence-electron chi connectivity index (χ2n) is 5.07. The number of rotatable bonds is 5. The van der Waals surface area contributed by atoms with Crippen molar-refractivity contribution < 1.29 is 0 Å². The van der Waals surface area contributed by atoms with Crippen molar-refractivity contribution in [2.24, 2.45) is 17.3 Å². The van der Waals surface area contributed by atoms with E-state index in [0.29, 0.717) is 0 Å². The Bertz CT molecular complexity index is 108. The normalized spacial score (nSPS) is 17.5. The van der Waals surface area contributed by atoms with E-state index >= 15 is 0 Å². The minimum absolute atomic E-state index is 0.266. The van der Waals surface area contributed by atoms with Gasteiger partial charge in [-0.1, -0.05) is 41.0 Å². The lowest BCUT2D eigenvalue weighted by Crippen LogP contribution is -2.12. The molecular formula is C12H25. The second kappa shape index (κ2) is 4.89. The van der Waals surface area contributed by atoms with E-state index < -0.39 is 0 Å². The Labute approximate surface area is 78.8 Å². The Morgan fingerprint density at radius 2 is 1.67 bits per heavy atom. The molecule has 2 atom stereocenters. The highest BCUT2D eigenvalue weighted by molar-refractivity contribution is 4.72. The minimum atomic E-state index is 0.266. The predicted octanol–water partition coefficient (Wildman–Crippen LogP) is 4.31. The van der Waals surface area contributed by atoms with Crippen molar-refractivity contribution in [2.75, 3.05) is 0 Å². The molecule has 0 saturated carbocycles. The van der Waals surface area contributed by atoms with Crippen LogP contribution in [-0.2, 0) is 0 Å². The molecule has 0 aromatic rings. The minimum Gasteiger partial charge on any atom is -0.0651 e. The summed E-state index contributed by atoms with van der Waals surface area (Å²) in [6.07, 6.45) is 3.88. The van der Waals surface area contributed by atoms with Crippen LogP contribution in [0.2, 0.25) is 0 Å². The third-order valence-corrected chi connectivity index (χ3v) is 2.89. The zero-order valence-electron chi connectivity index (χ0n) is 9.48. The van der Waals surface area contributed by atoms with E-state index in [0.717, 1.165) is 11.8 Å². The molecule has 0 aliphatic rings. The fourth-order valence-corrected chi connectivity index (χ4v) is 1.31. The zero-order valence-corrected chi connectivity index (χ0v) is 9.48. The van der Waals surface area contributed by atoms with Crippen LogP contribution in [0.15, 0.2) is 0 Å². The summed E-state index contributed by atoms with van der Waals surface area (Å²) >= 11 is 0. The molecule has 0 aromatic carbocycles. The highest BCUT2D eigenvalue weighted by Crippen LogP contribution is 2.27. The topological polar surface area (TPSA) is 0 Å². The molecule has 73 valence electrons. The maximum Gasteiger partial charge on any atom is -0.0354 e. The van der Waals surface area contributed by atoms with E-state index in [4.69, 9.17) is 0 Å². The maximum atomic E-state index is 4.13. The molecule has 0 aliphatic carbocycles. The van der Waals surface area contributed by atoms with Gasteiger partial charge in [-0.15, -0.1) is 0 Å². The van der Waals surface area contributed by atoms with Crippen molar-refractivity contribution in [3.05, 3.63) is 6.92 Å². The molecule has 0 bridgehead atoms. The third-order valence-electron chi connectivity index (χ3n) is 2.89. The highest BCUT2D eigenvalue weighted by Gasteiger charge is 2.15. The van der Waals surface area contributed by atoms with Crippen molar-refractivity contribution in [1.82, 2.24) is 0 Å². The average Bonchev–Trinajstić information content (AvgIpc) is 1.97. The van der Waals surface area contributed by atoms with Gasteiger partial charge in [-0.05, 0) is 37.0 Å². The van der Waals surface area contributed by atoms with Crippen LogP contribution in [0, 0.1) is 24.2 Å². The van der Waals surface area contributed by atoms with Gasteiger partial charge in [-0.2, -0.15) is 0 Å². The van der Waals surface area contributed by atoms with Crippen LogP contribution in [0.1, 0.15) is 53.9 Å². The van der Waals surface area contributed by atoms with Gasteiger partial charge in [-0.25, -0.2) is 0 Å². The molecule has 1 radical (unpaired) electrons. The Morgan fingerprint density at radius 1 is 1.17 bits per heavy atom. The van der Waals surface area contributed by atoms with E-state index in [9.17, 15) is 0 Å². The van der Waals surface area contributed by atoms with Crippen molar-refractivity contribution in [3.63, 3.8) is 0 Å². The maximum absolute atomic E-state index is 4.13. The summed E-state index contributed by atoms with van der Waals surface area (Å²) in [4.78, 5) is 0. The summed E-state index contributed by atoms with van der Waals surface area (Å²) < 4.78 is 0. The molecule has 0 aromatic heterocycles. The Hall–Kier alpha value is 0. The van der Waals surface area contributed by atoms with Crippen LogP contribution >= 0.6 is 0 Å². The van der Waals surface area contributed by atoms with Gasteiger partial charge in [0.05, 0.1) is 0 Å². The molecule has 0 nitrogen and oxygen atoms in total. The van der Waals surface area contributed by atoms with Crippen molar-refractivity contribution in [3.8, 4) is 0 Å². The fraction of sp³-hybridized carbons (Fsp3) is 0.917. The smallest absolute Gasteiger partial charge is 0.0354 e. The van der Waals surface area contributed by atoms with Crippen molar-refractivity contribution >= 4 is 0 Å². The molecule has 0 heterocycles. The summed E-state index contributed by atoms with van der Waals surface area (Å²) in [5.74, 6) is 1.73. The molecule has 0 aliphatic heterocycles. The van der Waals surface area contributed by atoms with Gasteiger partial charge in [0, 0.05) is 0 Å². The summed E-state index contributed by atoms with van der Waals surface area (Å²) in [5.41, 5.74) is 0.266. The first-order valence-corrected chi connectivity index (χ1v) is 5.22. The largest absolute Gasteiger partial charge is 0.0651 e. The van der Waals surface area contributed by atoms with Crippen LogP contribution < -0.4 is 0 Å². The fourth-order valence-electron chi connectivity index (χ4n) is 1.31. The SMILES string of the molecule is [CH2]C(C)(C)CCC(C)C(C)CC. The summed E-state index contributed by atoms with van der Waals surface area (Å²) in [6.45, 7) is 15.5. The molecule has 0 rings (SSSR count). The lowest BCUT2D eigenvalue weighted by atomic mass is 9.82. The van der Waals surface area contributed by atoms with E-state index in [2.05, 4.69) is 41.5 Å². The molecule has 0 heteroatoms. The molecular weight excluding hydrogens is 144 g/mol. The molecule has 0 amide bonds. The van der Waals surface area contributed by atoms with Crippen LogP contribution in [-0.4, -0.2) is 0 Å². The first-order chi connectivity index (χ1) is 5.37. The molecule has 0 fully saturated rings. The summed E-state index contributed by atoms with van der Waals surface area (Å²) in [6, 6.07) is 0. The lowest BCUT2D eigenvalue weighted by Gasteiger charge is -2.23. The van der Waals surface area contributed by atoms with E-state index in [1.54, 1.807) is 0 Å². The average molecular weight is 169 g/mol.